The number of nitrogen functional groups attached to an aromatic ring is 1. The van der Waals surface area contributed by atoms with E-state index >= 15 is 0 Å². The van der Waals surface area contributed by atoms with Gasteiger partial charge < -0.3 is 26.4 Å². The molecule has 1 fully saturated rings. The minimum Gasteiger partial charge on any atom is -0.383 e. The number of pyridine rings is 1. The third-order valence-electron chi connectivity index (χ3n) is 6.83. The van der Waals surface area contributed by atoms with Gasteiger partial charge in [0.15, 0.2) is 0 Å². The molecule has 3 aromatic rings. The molecule has 2 aromatic carbocycles. The van der Waals surface area contributed by atoms with Gasteiger partial charge >= 0.3 is 0 Å². The quantitative estimate of drug-likeness (QED) is 0.275. The van der Waals surface area contributed by atoms with Crippen LogP contribution in [0.1, 0.15) is 46.8 Å². The number of aryl methyl sites for hydroxylation is 2. The van der Waals surface area contributed by atoms with Crippen LogP contribution >= 0.6 is 0 Å². The molecule has 4 rings (SSSR count). The van der Waals surface area contributed by atoms with Crippen molar-refractivity contribution in [3.8, 4) is 0 Å². The summed E-state index contributed by atoms with van der Waals surface area (Å²) in [5.41, 5.74) is 15.9. The first-order valence-corrected chi connectivity index (χ1v) is 13.0. The SMILES string of the molecule is CCN(C)c1ccc(C(=O)N=C(N)c2cc(CCc3cc(F)cc(F)c3)cnc2N)c(NC2CCOCC2)c1. The van der Waals surface area contributed by atoms with Crippen molar-refractivity contribution in [2.75, 3.05) is 42.8 Å². The zero-order chi connectivity index (χ0) is 27.9. The van der Waals surface area contributed by atoms with Gasteiger partial charge in [0, 0.05) is 56.5 Å². The molecule has 10 heteroatoms. The summed E-state index contributed by atoms with van der Waals surface area (Å²) in [5, 5.41) is 3.50. The van der Waals surface area contributed by atoms with Gasteiger partial charge in [-0.15, -0.1) is 0 Å². The highest BCUT2D eigenvalue weighted by atomic mass is 19.1. The molecule has 0 aliphatic carbocycles. The fraction of sp³-hybridized carbons (Fsp3) is 0.345. The molecule has 1 aliphatic rings. The molecular formula is C29H34F2N6O2. The van der Waals surface area contributed by atoms with E-state index in [0.29, 0.717) is 48.4 Å². The van der Waals surface area contributed by atoms with Gasteiger partial charge in [-0.05, 0) is 80.1 Å². The number of carbonyl (C=O) groups excluding carboxylic acids is 1. The average Bonchev–Trinajstić information content (AvgIpc) is 2.92. The van der Waals surface area contributed by atoms with Gasteiger partial charge in [-0.1, -0.05) is 0 Å². The van der Waals surface area contributed by atoms with Gasteiger partial charge in [-0.2, -0.15) is 4.99 Å². The topological polar surface area (TPSA) is 119 Å². The molecular weight excluding hydrogens is 502 g/mol. The van der Waals surface area contributed by atoms with Gasteiger partial charge in [0.25, 0.3) is 5.91 Å². The fourth-order valence-electron chi connectivity index (χ4n) is 4.45. The summed E-state index contributed by atoms with van der Waals surface area (Å²) in [5.74, 6) is -1.69. The number of rotatable bonds is 9. The van der Waals surface area contributed by atoms with E-state index in [1.165, 1.54) is 12.1 Å². The maximum Gasteiger partial charge on any atom is 0.281 e. The van der Waals surface area contributed by atoms with Crippen LogP contribution in [0, 0.1) is 11.6 Å². The second-order valence-corrected chi connectivity index (χ2v) is 9.63. The van der Waals surface area contributed by atoms with Crippen molar-refractivity contribution in [1.29, 1.82) is 0 Å². The molecule has 0 bridgehead atoms. The molecule has 1 aliphatic heterocycles. The van der Waals surface area contributed by atoms with Crippen LogP contribution in [0.3, 0.4) is 0 Å². The predicted molar refractivity (Wildman–Crippen MR) is 150 cm³/mol. The Morgan fingerprint density at radius 1 is 1.08 bits per heavy atom. The van der Waals surface area contributed by atoms with Crippen LogP contribution in [-0.2, 0) is 17.6 Å². The highest BCUT2D eigenvalue weighted by Crippen LogP contribution is 2.27. The van der Waals surface area contributed by atoms with Crippen LogP contribution in [0.4, 0.5) is 26.0 Å². The Labute approximate surface area is 227 Å². The lowest BCUT2D eigenvalue weighted by Crippen LogP contribution is -2.29. The monoisotopic (exact) mass is 536 g/mol. The first-order chi connectivity index (χ1) is 18.7. The number of amides is 1. The Morgan fingerprint density at radius 3 is 2.46 bits per heavy atom. The molecule has 0 radical (unpaired) electrons. The van der Waals surface area contributed by atoms with Gasteiger partial charge in [0.2, 0.25) is 0 Å². The number of carbonyl (C=O) groups is 1. The number of anilines is 3. The Kier molecular flexibility index (Phi) is 9.08. The summed E-state index contributed by atoms with van der Waals surface area (Å²) >= 11 is 0. The van der Waals surface area contributed by atoms with E-state index in [9.17, 15) is 13.6 Å². The highest BCUT2D eigenvalue weighted by Gasteiger charge is 2.19. The van der Waals surface area contributed by atoms with Crippen LogP contribution in [-0.4, -0.2) is 49.6 Å². The summed E-state index contributed by atoms with van der Waals surface area (Å²) in [6.45, 7) is 4.19. The van der Waals surface area contributed by atoms with Gasteiger partial charge in [-0.3, -0.25) is 4.79 Å². The third-order valence-corrected chi connectivity index (χ3v) is 6.83. The van der Waals surface area contributed by atoms with E-state index in [0.717, 1.165) is 36.7 Å². The standard InChI is InChI=1S/C29H34F2N6O2/c1-3-37(2)23-6-7-24(26(16-23)35-22-8-10-39-11-9-22)29(38)36-28(33)25-14-19(17-34-27(25)32)5-4-18-12-20(30)15-21(31)13-18/h6-7,12-17,22,35H,3-5,8-11H2,1-2H3,(H2,32,34)(H2,33,36,38). The zero-order valence-corrected chi connectivity index (χ0v) is 22.2. The Balaban J connectivity index is 1.57. The van der Waals surface area contributed by atoms with Crippen molar-refractivity contribution in [2.24, 2.45) is 10.7 Å². The van der Waals surface area contributed by atoms with Crippen molar-refractivity contribution in [3.63, 3.8) is 0 Å². The summed E-state index contributed by atoms with van der Waals surface area (Å²) in [4.78, 5) is 23.8. The van der Waals surface area contributed by atoms with Crippen LogP contribution < -0.4 is 21.7 Å². The van der Waals surface area contributed by atoms with Crippen molar-refractivity contribution in [3.05, 3.63) is 82.5 Å². The number of aliphatic imine (C=N–C) groups is 1. The molecule has 2 heterocycles. The van der Waals surface area contributed by atoms with E-state index in [1.54, 1.807) is 18.3 Å². The molecule has 1 amide bonds. The van der Waals surface area contributed by atoms with Gasteiger partial charge in [0.05, 0.1) is 11.1 Å². The normalized spacial score (nSPS) is 14.3. The minimum atomic E-state index is -0.629. The second-order valence-electron chi connectivity index (χ2n) is 9.63. The van der Waals surface area contributed by atoms with Crippen molar-refractivity contribution < 1.29 is 18.3 Å². The molecule has 0 atom stereocenters. The maximum absolute atomic E-state index is 13.5. The average molecular weight is 537 g/mol. The van der Waals surface area contributed by atoms with Crippen LogP contribution in [0.15, 0.2) is 53.7 Å². The van der Waals surface area contributed by atoms with Crippen LogP contribution in [0.5, 0.6) is 0 Å². The fourth-order valence-corrected chi connectivity index (χ4v) is 4.45. The number of nitrogens with two attached hydrogens (primary N) is 2. The lowest BCUT2D eigenvalue weighted by atomic mass is 10.0. The first-order valence-electron chi connectivity index (χ1n) is 13.0. The second kappa shape index (κ2) is 12.7. The molecule has 5 N–H and O–H groups in total. The molecule has 0 saturated carbocycles. The Morgan fingerprint density at radius 2 is 1.77 bits per heavy atom. The van der Waals surface area contributed by atoms with Crippen molar-refractivity contribution in [2.45, 2.75) is 38.6 Å². The zero-order valence-electron chi connectivity index (χ0n) is 22.2. The molecule has 39 heavy (non-hydrogen) atoms. The smallest absolute Gasteiger partial charge is 0.281 e. The van der Waals surface area contributed by atoms with E-state index in [2.05, 4.69) is 27.1 Å². The number of hydrogen-bond donors (Lipinski definition) is 3. The largest absolute Gasteiger partial charge is 0.383 e. The van der Waals surface area contributed by atoms with Crippen molar-refractivity contribution in [1.82, 2.24) is 4.98 Å². The number of aromatic nitrogens is 1. The Hall–Kier alpha value is -4.05. The number of hydrogen-bond acceptors (Lipinski definition) is 6. The van der Waals surface area contributed by atoms with E-state index in [4.69, 9.17) is 16.2 Å². The van der Waals surface area contributed by atoms with E-state index in [1.807, 2.05) is 19.2 Å². The van der Waals surface area contributed by atoms with E-state index in [-0.39, 0.29) is 17.7 Å². The Bertz CT molecular complexity index is 1340. The van der Waals surface area contributed by atoms with Crippen LogP contribution in [0.2, 0.25) is 0 Å². The summed E-state index contributed by atoms with van der Waals surface area (Å²) in [6.07, 6.45) is 4.07. The minimum absolute atomic E-state index is 0.0598. The number of nitrogens with zero attached hydrogens (tertiary/aromatic N) is 3. The van der Waals surface area contributed by atoms with Crippen molar-refractivity contribution >= 4 is 28.9 Å². The number of ether oxygens (including phenoxy) is 1. The summed E-state index contributed by atoms with van der Waals surface area (Å²) in [7, 11) is 1.98. The summed E-state index contributed by atoms with van der Waals surface area (Å²) < 4.78 is 32.5. The number of benzene rings is 2. The molecule has 1 aromatic heterocycles. The lowest BCUT2D eigenvalue weighted by molar-refractivity contribution is 0.0904. The summed E-state index contributed by atoms with van der Waals surface area (Å²) in [6, 6.07) is 10.9. The first kappa shape index (κ1) is 28.0. The number of halogens is 2. The molecule has 206 valence electrons. The third kappa shape index (κ3) is 7.29. The molecule has 1 saturated heterocycles. The van der Waals surface area contributed by atoms with Crippen LogP contribution in [0.25, 0.3) is 0 Å². The number of amidine groups is 1. The predicted octanol–water partition coefficient (Wildman–Crippen LogP) is 4.32. The van der Waals surface area contributed by atoms with Gasteiger partial charge in [0.1, 0.15) is 23.3 Å². The number of nitrogens with one attached hydrogen (secondary N) is 1. The molecule has 8 nitrogen and oxygen atoms in total. The maximum atomic E-state index is 13.5. The molecule has 0 spiro atoms. The van der Waals surface area contributed by atoms with Gasteiger partial charge in [-0.25, -0.2) is 13.8 Å². The highest BCUT2D eigenvalue weighted by molar-refractivity contribution is 6.12. The molecule has 0 unspecified atom stereocenters. The van der Waals surface area contributed by atoms with E-state index < -0.39 is 17.5 Å². The lowest BCUT2D eigenvalue weighted by Gasteiger charge is -2.26.